The summed E-state index contributed by atoms with van der Waals surface area (Å²) >= 11 is 0. The van der Waals surface area contributed by atoms with Gasteiger partial charge < -0.3 is 10.4 Å². The number of rotatable bonds is 6. The van der Waals surface area contributed by atoms with Crippen LogP contribution in [0.25, 0.3) is 10.9 Å². The molecule has 21 heavy (non-hydrogen) atoms. The van der Waals surface area contributed by atoms with Gasteiger partial charge in [-0.3, -0.25) is 14.6 Å². The molecule has 1 amide bonds. The van der Waals surface area contributed by atoms with Crippen LogP contribution in [0, 0.1) is 5.92 Å². The van der Waals surface area contributed by atoms with E-state index in [1.165, 1.54) is 0 Å². The van der Waals surface area contributed by atoms with Crippen molar-refractivity contribution in [3.63, 3.8) is 0 Å². The van der Waals surface area contributed by atoms with E-state index in [1.807, 2.05) is 24.3 Å². The van der Waals surface area contributed by atoms with Crippen molar-refractivity contribution >= 4 is 22.8 Å². The van der Waals surface area contributed by atoms with Crippen molar-refractivity contribution in [2.24, 2.45) is 5.92 Å². The first kappa shape index (κ1) is 15.0. The standard InChI is InChI=1S/C16H18N2O3/c1-11(16(20)21)5-4-9-18-15(19)13-8-10-17-14-7-3-2-6-12(13)14/h2-3,6-8,10-11H,4-5,9H2,1H3,(H,18,19)(H,20,21). The van der Waals surface area contributed by atoms with E-state index in [9.17, 15) is 9.59 Å². The van der Waals surface area contributed by atoms with Crippen molar-refractivity contribution < 1.29 is 14.7 Å². The number of hydrogen-bond acceptors (Lipinski definition) is 3. The highest BCUT2D eigenvalue weighted by Gasteiger charge is 2.12. The molecule has 0 aliphatic heterocycles. The SMILES string of the molecule is CC(CCCNC(=O)c1ccnc2ccccc12)C(=O)O. The molecule has 0 spiro atoms. The Morgan fingerprint density at radius 3 is 2.81 bits per heavy atom. The Morgan fingerprint density at radius 1 is 1.29 bits per heavy atom. The molecule has 1 unspecified atom stereocenters. The molecule has 5 heteroatoms. The summed E-state index contributed by atoms with van der Waals surface area (Å²) in [6.07, 6.45) is 2.80. The largest absolute Gasteiger partial charge is 0.481 e. The minimum absolute atomic E-state index is 0.156. The molecule has 110 valence electrons. The summed E-state index contributed by atoms with van der Waals surface area (Å²) < 4.78 is 0. The van der Waals surface area contributed by atoms with Crippen molar-refractivity contribution in [1.82, 2.24) is 10.3 Å². The molecular formula is C16H18N2O3. The Labute approximate surface area is 123 Å². The minimum atomic E-state index is -0.804. The molecule has 0 fully saturated rings. The Bertz CT molecular complexity index is 650. The third kappa shape index (κ3) is 3.78. The fourth-order valence-corrected chi connectivity index (χ4v) is 2.12. The number of benzene rings is 1. The van der Waals surface area contributed by atoms with Gasteiger partial charge in [0.25, 0.3) is 5.91 Å². The second kappa shape index (κ2) is 6.83. The van der Waals surface area contributed by atoms with Crippen LogP contribution in [0.1, 0.15) is 30.1 Å². The number of carboxylic acids is 1. The number of nitrogens with one attached hydrogen (secondary N) is 1. The summed E-state index contributed by atoms with van der Waals surface area (Å²) in [4.78, 5) is 27.1. The summed E-state index contributed by atoms with van der Waals surface area (Å²) in [5, 5.41) is 12.4. The molecule has 0 radical (unpaired) electrons. The van der Waals surface area contributed by atoms with Crippen LogP contribution in [-0.4, -0.2) is 28.5 Å². The van der Waals surface area contributed by atoms with Crippen LogP contribution in [0.15, 0.2) is 36.5 Å². The summed E-state index contributed by atoms with van der Waals surface area (Å²) in [5.74, 6) is -1.35. The molecule has 5 nitrogen and oxygen atoms in total. The first-order chi connectivity index (χ1) is 10.1. The molecule has 0 saturated carbocycles. The molecule has 2 N–H and O–H groups in total. The highest BCUT2D eigenvalue weighted by molar-refractivity contribution is 6.05. The number of carbonyl (C=O) groups excluding carboxylic acids is 1. The highest BCUT2D eigenvalue weighted by atomic mass is 16.4. The number of fused-ring (bicyclic) bond motifs is 1. The number of aliphatic carboxylic acids is 1. The van der Waals surface area contributed by atoms with E-state index in [-0.39, 0.29) is 11.8 Å². The van der Waals surface area contributed by atoms with Crippen LogP contribution in [-0.2, 0) is 4.79 Å². The van der Waals surface area contributed by atoms with Gasteiger partial charge >= 0.3 is 5.97 Å². The highest BCUT2D eigenvalue weighted by Crippen LogP contribution is 2.16. The van der Waals surface area contributed by atoms with E-state index in [4.69, 9.17) is 5.11 Å². The van der Waals surface area contributed by atoms with Crippen LogP contribution in [0.5, 0.6) is 0 Å². The zero-order valence-electron chi connectivity index (χ0n) is 11.9. The number of amides is 1. The number of carboxylic acid groups (broad SMARTS) is 1. The molecule has 0 aliphatic carbocycles. The Hall–Kier alpha value is -2.43. The lowest BCUT2D eigenvalue weighted by Crippen LogP contribution is -2.25. The van der Waals surface area contributed by atoms with E-state index in [0.29, 0.717) is 24.9 Å². The van der Waals surface area contributed by atoms with Crippen LogP contribution < -0.4 is 5.32 Å². The average Bonchev–Trinajstić information content (AvgIpc) is 2.50. The molecular weight excluding hydrogens is 268 g/mol. The van der Waals surface area contributed by atoms with Gasteiger partial charge in [-0.15, -0.1) is 0 Å². The van der Waals surface area contributed by atoms with Crippen molar-refractivity contribution in [3.05, 3.63) is 42.1 Å². The maximum absolute atomic E-state index is 12.2. The first-order valence-corrected chi connectivity index (χ1v) is 6.94. The number of pyridine rings is 1. The monoisotopic (exact) mass is 286 g/mol. The number of para-hydroxylation sites is 1. The van der Waals surface area contributed by atoms with Crippen molar-refractivity contribution in [2.75, 3.05) is 6.54 Å². The predicted octanol–water partition coefficient (Wildman–Crippen LogP) is 2.47. The molecule has 2 aromatic rings. The molecule has 1 atom stereocenters. The minimum Gasteiger partial charge on any atom is -0.481 e. The van der Waals surface area contributed by atoms with E-state index >= 15 is 0 Å². The fourth-order valence-electron chi connectivity index (χ4n) is 2.12. The molecule has 1 aromatic heterocycles. The number of carbonyl (C=O) groups is 2. The smallest absolute Gasteiger partial charge is 0.306 e. The maximum atomic E-state index is 12.2. The predicted molar refractivity (Wildman–Crippen MR) is 80.1 cm³/mol. The molecule has 1 heterocycles. The van der Waals surface area contributed by atoms with Gasteiger partial charge in [-0.05, 0) is 25.0 Å². The molecule has 1 aromatic carbocycles. The van der Waals surface area contributed by atoms with Crippen molar-refractivity contribution in [1.29, 1.82) is 0 Å². The average molecular weight is 286 g/mol. The van der Waals surface area contributed by atoms with Gasteiger partial charge in [0.1, 0.15) is 0 Å². The number of aromatic nitrogens is 1. The van der Waals surface area contributed by atoms with Gasteiger partial charge in [0.2, 0.25) is 0 Å². The van der Waals surface area contributed by atoms with Crippen molar-refractivity contribution in [3.8, 4) is 0 Å². The van der Waals surface area contributed by atoms with E-state index in [2.05, 4.69) is 10.3 Å². The zero-order chi connectivity index (χ0) is 15.2. The lowest BCUT2D eigenvalue weighted by Gasteiger charge is -2.09. The zero-order valence-corrected chi connectivity index (χ0v) is 11.9. The first-order valence-electron chi connectivity index (χ1n) is 6.94. The van der Waals surface area contributed by atoms with Gasteiger partial charge in [0.05, 0.1) is 17.0 Å². The topological polar surface area (TPSA) is 79.3 Å². The molecule has 2 rings (SSSR count). The third-order valence-electron chi connectivity index (χ3n) is 3.41. The van der Waals surface area contributed by atoms with Gasteiger partial charge in [0, 0.05) is 18.1 Å². The van der Waals surface area contributed by atoms with Crippen LogP contribution in [0.4, 0.5) is 0 Å². The normalized spacial score (nSPS) is 12.0. The van der Waals surface area contributed by atoms with Crippen LogP contribution in [0.2, 0.25) is 0 Å². The quantitative estimate of drug-likeness (QED) is 0.799. The number of nitrogens with zero attached hydrogens (tertiary/aromatic N) is 1. The second-order valence-electron chi connectivity index (χ2n) is 5.01. The Kier molecular flexibility index (Phi) is 4.87. The molecule has 0 aliphatic rings. The maximum Gasteiger partial charge on any atom is 0.306 e. The lowest BCUT2D eigenvalue weighted by molar-refractivity contribution is -0.141. The third-order valence-corrected chi connectivity index (χ3v) is 3.41. The van der Waals surface area contributed by atoms with Gasteiger partial charge in [-0.1, -0.05) is 25.1 Å². The van der Waals surface area contributed by atoms with Crippen molar-refractivity contribution in [2.45, 2.75) is 19.8 Å². The summed E-state index contributed by atoms with van der Waals surface area (Å²) in [6, 6.07) is 9.17. The van der Waals surface area contributed by atoms with E-state index < -0.39 is 5.97 Å². The number of hydrogen-bond donors (Lipinski definition) is 2. The van der Waals surface area contributed by atoms with E-state index in [1.54, 1.807) is 19.2 Å². The fraction of sp³-hybridized carbons (Fsp3) is 0.312. The van der Waals surface area contributed by atoms with E-state index in [0.717, 1.165) is 10.9 Å². The second-order valence-corrected chi connectivity index (χ2v) is 5.01. The summed E-state index contributed by atoms with van der Waals surface area (Å²) in [6.45, 7) is 2.13. The lowest BCUT2D eigenvalue weighted by atomic mass is 10.1. The molecule has 0 saturated heterocycles. The summed E-state index contributed by atoms with van der Waals surface area (Å²) in [5.41, 5.74) is 1.37. The molecule has 0 bridgehead atoms. The Morgan fingerprint density at radius 2 is 2.05 bits per heavy atom. The van der Waals surface area contributed by atoms with Gasteiger partial charge in [-0.2, -0.15) is 0 Å². The van der Waals surface area contributed by atoms with Crippen LogP contribution in [0.3, 0.4) is 0 Å². The van der Waals surface area contributed by atoms with Gasteiger partial charge in [0.15, 0.2) is 0 Å². The Balaban J connectivity index is 1.95. The summed E-state index contributed by atoms with van der Waals surface area (Å²) in [7, 11) is 0. The van der Waals surface area contributed by atoms with Gasteiger partial charge in [-0.25, -0.2) is 0 Å². The van der Waals surface area contributed by atoms with Crippen LogP contribution >= 0.6 is 0 Å².